The molecule has 1 atom stereocenters. The predicted molar refractivity (Wildman–Crippen MR) is 89.8 cm³/mol. The third-order valence-electron chi connectivity index (χ3n) is 4.39. The number of fused-ring (bicyclic) bond motifs is 2. The van der Waals surface area contributed by atoms with Crippen molar-refractivity contribution in [3.8, 4) is 17.2 Å². The molecule has 2 aliphatic rings. The second-order valence-electron chi connectivity index (χ2n) is 6.10. The molecule has 0 saturated carbocycles. The number of ether oxygens (including phenoxy) is 3. The highest BCUT2D eigenvalue weighted by atomic mass is 16.7. The predicted octanol–water partition coefficient (Wildman–Crippen LogP) is 3.31. The summed E-state index contributed by atoms with van der Waals surface area (Å²) >= 11 is 0. The van der Waals surface area contributed by atoms with Crippen LogP contribution in [0.3, 0.4) is 0 Å². The van der Waals surface area contributed by atoms with E-state index in [0.29, 0.717) is 17.2 Å². The molecule has 5 heteroatoms. The van der Waals surface area contributed by atoms with Gasteiger partial charge in [-0.15, -0.1) is 0 Å². The molecule has 2 aromatic carbocycles. The molecule has 0 unspecified atom stereocenters. The maximum absolute atomic E-state index is 12.3. The van der Waals surface area contributed by atoms with Gasteiger partial charge in [0, 0.05) is 11.8 Å². The Morgan fingerprint density at radius 1 is 1.08 bits per heavy atom. The van der Waals surface area contributed by atoms with E-state index < -0.39 is 6.10 Å². The van der Waals surface area contributed by atoms with Gasteiger partial charge < -0.3 is 19.5 Å². The van der Waals surface area contributed by atoms with Crippen LogP contribution in [0.1, 0.15) is 24.5 Å². The summed E-state index contributed by atoms with van der Waals surface area (Å²) in [6.45, 7) is 1.96. The zero-order chi connectivity index (χ0) is 16.5. The van der Waals surface area contributed by atoms with Gasteiger partial charge in [0.15, 0.2) is 17.6 Å². The molecule has 0 radical (unpaired) electrons. The van der Waals surface area contributed by atoms with Gasteiger partial charge in [-0.2, -0.15) is 0 Å². The van der Waals surface area contributed by atoms with Crippen LogP contribution < -0.4 is 19.5 Å². The summed E-state index contributed by atoms with van der Waals surface area (Å²) in [7, 11) is 0. The van der Waals surface area contributed by atoms with Crippen LogP contribution in [-0.4, -0.2) is 18.8 Å². The Bertz CT molecular complexity index is 787. The van der Waals surface area contributed by atoms with E-state index in [1.165, 1.54) is 17.5 Å². The van der Waals surface area contributed by atoms with Crippen molar-refractivity contribution in [3.63, 3.8) is 0 Å². The summed E-state index contributed by atoms with van der Waals surface area (Å²) in [5, 5.41) is 2.84. The van der Waals surface area contributed by atoms with Crippen molar-refractivity contribution >= 4 is 11.6 Å². The summed E-state index contributed by atoms with van der Waals surface area (Å²) < 4.78 is 16.4. The minimum atomic E-state index is -0.588. The average molecular weight is 325 g/mol. The molecular weight excluding hydrogens is 306 g/mol. The molecule has 24 heavy (non-hydrogen) atoms. The Morgan fingerprint density at radius 2 is 1.92 bits per heavy atom. The van der Waals surface area contributed by atoms with Gasteiger partial charge in [-0.05, 0) is 61.6 Å². The first kappa shape index (κ1) is 14.9. The van der Waals surface area contributed by atoms with Crippen LogP contribution >= 0.6 is 0 Å². The molecule has 1 N–H and O–H groups in total. The summed E-state index contributed by atoms with van der Waals surface area (Å²) in [5.74, 6) is 1.87. The first-order chi connectivity index (χ1) is 11.7. The molecule has 1 aliphatic heterocycles. The summed E-state index contributed by atoms with van der Waals surface area (Å²) in [6, 6.07) is 11.4. The topological polar surface area (TPSA) is 56.8 Å². The number of carbonyl (C=O) groups excluding carboxylic acids is 1. The van der Waals surface area contributed by atoms with Crippen LogP contribution in [0.15, 0.2) is 36.4 Å². The number of rotatable bonds is 4. The maximum Gasteiger partial charge on any atom is 0.265 e. The summed E-state index contributed by atoms with van der Waals surface area (Å²) in [4.78, 5) is 12.3. The fourth-order valence-electron chi connectivity index (χ4n) is 3.10. The molecule has 124 valence electrons. The third kappa shape index (κ3) is 2.89. The van der Waals surface area contributed by atoms with Crippen LogP contribution in [0, 0.1) is 0 Å². The minimum absolute atomic E-state index is 0.200. The highest BCUT2D eigenvalue weighted by molar-refractivity contribution is 5.94. The van der Waals surface area contributed by atoms with E-state index in [1.54, 1.807) is 25.1 Å². The van der Waals surface area contributed by atoms with E-state index in [4.69, 9.17) is 14.2 Å². The van der Waals surface area contributed by atoms with Gasteiger partial charge >= 0.3 is 0 Å². The smallest absolute Gasteiger partial charge is 0.265 e. The van der Waals surface area contributed by atoms with E-state index >= 15 is 0 Å². The van der Waals surface area contributed by atoms with Crippen LogP contribution in [-0.2, 0) is 17.6 Å². The van der Waals surface area contributed by atoms with Gasteiger partial charge in [0.25, 0.3) is 5.91 Å². The van der Waals surface area contributed by atoms with Gasteiger partial charge in [0.2, 0.25) is 6.79 Å². The Hall–Kier alpha value is -2.69. The number of nitrogens with one attached hydrogen (secondary N) is 1. The van der Waals surface area contributed by atoms with Crippen LogP contribution in [0.4, 0.5) is 5.69 Å². The van der Waals surface area contributed by atoms with Crippen LogP contribution in [0.5, 0.6) is 17.2 Å². The van der Waals surface area contributed by atoms with E-state index in [-0.39, 0.29) is 12.7 Å². The molecule has 0 aromatic heterocycles. The highest BCUT2D eigenvalue weighted by Crippen LogP contribution is 2.34. The van der Waals surface area contributed by atoms with Gasteiger partial charge in [-0.1, -0.05) is 6.07 Å². The molecule has 5 nitrogen and oxygen atoms in total. The van der Waals surface area contributed by atoms with Crippen molar-refractivity contribution in [3.05, 3.63) is 47.5 Å². The minimum Gasteiger partial charge on any atom is -0.481 e. The molecule has 1 heterocycles. The lowest BCUT2D eigenvalue weighted by atomic mass is 10.1. The Labute approximate surface area is 140 Å². The molecule has 4 rings (SSSR count). The third-order valence-corrected chi connectivity index (χ3v) is 4.39. The highest BCUT2D eigenvalue weighted by Gasteiger charge is 2.19. The molecule has 0 bridgehead atoms. The Balaban J connectivity index is 1.41. The van der Waals surface area contributed by atoms with E-state index in [0.717, 1.165) is 18.6 Å². The van der Waals surface area contributed by atoms with Crippen LogP contribution in [0.2, 0.25) is 0 Å². The lowest BCUT2D eigenvalue weighted by molar-refractivity contribution is -0.122. The van der Waals surface area contributed by atoms with Crippen molar-refractivity contribution < 1.29 is 19.0 Å². The summed E-state index contributed by atoms with van der Waals surface area (Å²) in [6.07, 6.45) is 2.83. The van der Waals surface area contributed by atoms with Crippen molar-refractivity contribution in [1.82, 2.24) is 0 Å². The number of benzene rings is 2. The van der Waals surface area contributed by atoms with Crippen molar-refractivity contribution in [2.24, 2.45) is 0 Å². The fourth-order valence-corrected chi connectivity index (χ4v) is 3.10. The van der Waals surface area contributed by atoms with Crippen molar-refractivity contribution in [2.75, 3.05) is 12.1 Å². The normalized spacial score (nSPS) is 15.7. The first-order valence-electron chi connectivity index (χ1n) is 8.18. The lowest BCUT2D eigenvalue weighted by Gasteiger charge is -2.15. The van der Waals surface area contributed by atoms with Gasteiger partial charge in [-0.25, -0.2) is 0 Å². The molecule has 0 saturated heterocycles. The largest absolute Gasteiger partial charge is 0.481 e. The number of aryl methyl sites for hydroxylation is 2. The first-order valence-corrected chi connectivity index (χ1v) is 8.18. The Kier molecular flexibility index (Phi) is 3.76. The number of anilines is 1. The molecule has 1 aliphatic carbocycles. The number of amides is 1. The van der Waals surface area contributed by atoms with Crippen molar-refractivity contribution in [2.45, 2.75) is 32.3 Å². The second-order valence-corrected chi connectivity index (χ2v) is 6.10. The maximum atomic E-state index is 12.3. The Morgan fingerprint density at radius 3 is 2.83 bits per heavy atom. The van der Waals surface area contributed by atoms with Gasteiger partial charge in [0.1, 0.15) is 5.75 Å². The molecule has 2 aromatic rings. The van der Waals surface area contributed by atoms with Crippen LogP contribution in [0.25, 0.3) is 0 Å². The molecule has 0 fully saturated rings. The summed E-state index contributed by atoms with van der Waals surface area (Å²) in [5.41, 5.74) is 3.38. The van der Waals surface area contributed by atoms with E-state index in [1.807, 2.05) is 12.1 Å². The quantitative estimate of drug-likeness (QED) is 0.937. The lowest BCUT2D eigenvalue weighted by Crippen LogP contribution is -2.30. The number of hydrogen-bond acceptors (Lipinski definition) is 4. The second kappa shape index (κ2) is 6.07. The van der Waals surface area contributed by atoms with E-state index in [2.05, 4.69) is 11.4 Å². The van der Waals surface area contributed by atoms with Gasteiger partial charge in [0.05, 0.1) is 0 Å². The van der Waals surface area contributed by atoms with Gasteiger partial charge in [-0.3, -0.25) is 4.79 Å². The number of carbonyl (C=O) groups is 1. The zero-order valence-corrected chi connectivity index (χ0v) is 13.5. The van der Waals surface area contributed by atoms with E-state index in [9.17, 15) is 4.79 Å². The average Bonchev–Trinajstić information content (AvgIpc) is 3.22. The molecule has 1 amide bonds. The number of hydrogen-bond donors (Lipinski definition) is 1. The molecular formula is C19H19NO4. The zero-order valence-electron chi connectivity index (χ0n) is 13.5. The SMILES string of the molecule is C[C@@H](Oc1ccc2c(c1)CCC2)C(=O)Nc1ccc2c(c1)OCO2. The van der Waals surface area contributed by atoms with Crippen molar-refractivity contribution in [1.29, 1.82) is 0 Å². The fraction of sp³-hybridized carbons (Fsp3) is 0.316. The molecule has 0 spiro atoms. The standard InChI is InChI=1S/C19H19NO4/c1-12(24-16-7-5-13-3-2-4-14(13)9-16)19(21)20-15-6-8-17-18(10-15)23-11-22-17/h5-10,12H,2-4,11H2,1H3,(H,20,21)/t12-/m1/s1. The monoisotopic (exact) mass is 325 g/mol.